The Kier molecular flexibility index (Phi) is 6.57. The van der Waals surface area contributed by atoms with E-state index in [1.165, 1.54) is 5.56 Å². The summed E-state index contributed by atoms with van der Waals surface area (Å²) in [5.41, 5.74) is 6.95. The highest BCUT2D eigenvalue weighted by atomic mass is 16.1. The molecule has 0 fully saturated rings. The molecule has 0 aliphatic carbocycles. The van der Waals surface area contributed by atoms with Crippen LogP contribution in [0.1, 0.15) is 38.7 Å². The molecule has 2 atom stereocenters. The fraction of sp³-hybridized carbons (Fsp3) is 0.562. The van der Waals surface area contributed by atoms with E-state index in [1.807, 2.05) is 32.0 Å². The monoisotopic (exact) mass is 262 g/mol. The quantitative estimate of drug-likeness (QED) is 0.793. The second-order valence-corrected chi connectivity index (χ2v) is 5.48. The highest BCUT2D eigenvalue weighted by Crippen LogP contribution is 2.17. The maximum Gasteiger partial charge on any atom is 0.224 e. The minimum Gasteiger partial charge on any atom is -0.356 e. The summed E-state index contributed by atoms with van der Waals surface area (Å²) in [5, 5.41) is 3.00. The fourth-order valence-corrected chi connectivity index (χ4v) is 2.17. The van der Waals surface area contributed by atoms with E-state index in [4.69, 9.17) is 5.73 Å². The van der Waals surface area contributed by atoms with E-state index in [9.17, 15) is 4.79 Å². The summed E-state index contributed by atoms with van der Waals surface area (Å²) in [6.07, 6.45) is 0.950. The van der Waals surface area contributed by atoms with Crippen LogP contribution in [0.15, 0.2) is 30.3 Å². The molecule has 1 amide bonds. The van der Waals surface area contributed by atoms with Gasteiger partial charge in [-0.25, -0.2) is 0 Å². The van der Waals surface area contributed by atoms with E-state index in [-0.39, 0.29) is 17.7 Å². The number of benzene rings is 1. The average molecular weight is 262 g/mol. The van der Waals surface area contributed by atoms with Gasteiger partial charge in [0, 0.05) is 13.1 Å². The van der Waals surface area contributed by atoms with Crippen LogP contribution in [0.4, 0.5) is 0 Å². The predicted molar refractivity (Wildman–Crippen MR) is 79.9 cm³/mol. The SMILES string of the molecule is CC(CCNC(=O)C(CN)C(C)C)c1ccccc1. The van der Waals surface area contributed by atoms with Gasteiger partial charge in [0.2, 0.25) is 5.91 Å². The van der Waals surface area contributed by atoms with Crippen molar-refractivity contribution >= 4 is 5.91 Å². The predicted octanol–water partition coefficient (Wildman–Crippen LogP) is 2.53. The highest BCUT2D eigenvalue weighted by Gasteiger charge is 2.19. The van der Waals surface area contributed by atoms with Crippen molar-refractivity contribution < 1.29 is 4.79 Å². The van der Waals surface area contributed by atoms with Gasteiger partial charge < -0.3 is 11.1 Å². The van der Waals surface area contributed by atoms with Crippen molar-refractivity contribution in [2.75, 3.05) is 13.1 Å². The van der Waals surface area contributed by atoms with Crippen molar-refractivity contribution in [2.24, 2.45) is 17.6 Å². The molecule has 3 N–H and O–H groups in total. The molecule has 0 heterocycles. The summed E-state index contributed by atoms with van der Waals surface area (Å²) in [7, 11) is 0. The van der Waals surface area contributed by atoms with E-state index in [2.05, 4.69) is 24.4 Å². The first-order valence-electron chi connectivity index (χ1n) is 7.09. The molecule has 19 heavy (non-hydrogen) atoms. The Morgan fingerprint density at radius 2 is 1.84 bits per heavy atom. The first-order valence-corrected chi connectivity index (χ1v) is 7.09. The molecule has 1 aromatic carbocycles. The van der Waals surface area contributed by atoms with Crippen LogP contribution in [-0.4, -0.2) is 19.0 Å². The summed E-state index contributed by atoms with van der Waals surface area (Å²) in [6, 6.07) is 10.4. The van der Waals surface area contributed by atoms with Gasteiger partial charge in [-0.05, 0) is 23.8 Å². The van der Waals surface area contributed by atoms with E-state index >= 15 is 0 Å². The zero-order valence-electron chi connectivity index (χ0n) is 12.2. The summed E-state index contributed by atoms with van der Waals surface area (Å²) in [6.45, 7) is 7.37. The Labute approximate surface area is 116 Å². The van der Waals surface area contributed by atoms with E-state index in [0.29, 0.717) is 19.0 Å². The lowest BCUT2D eigenvalue weighted by atomic mass is 9.94. The van der Waals surface area contributed by atoms with Crippen LogP contribution in [0, 0.1) is 11.8 Å². The van der Waals surface area contributed by atoms with Crippen molar-refractivity contribution in [2.45, 2.75) is 33.1 Å². The second kappa shape index (κ2) is 7.95. The summed E-state index contributed by atoms with van der Waals surface area (Å²) in [5.74, 6) is 0.748. The third kappa shape index (κ3) is 5.03. The Balaban J connectivity index is 2.36. The van der Waals surface area contributed by atoms with Crippen molar-refractivity contribution in [1.82, 2.24) is 5.32 Å². The van der Waals surface area contributed by atoms with Gasteiger partial charge in [-0.3, -0.25) is 4.79 Å². The third-order valence-corrected chi connectivity index (χ3v) is 3.64. The first-order chi connectivity index (χ1) is 9.06. The molecule has 1 rings (SSSR count). The minimum absolute atomic E-state index is 0.0768. The van der Waals surface area contributed by atoms with E-state index in [0.717, 1.165) is 6.42 Å². The average Bonchev–Trinajstić information content (AvgIpc) is 2.40. The third-order valence-electron chi connectivity index (χ3n) is 3.64. The summed E-state index contributed by atoms with van der Waals surface area (Å²) >= 11 is 0. The summed E-state index contributed by atoms with van der Waals surface area (Å²) in [4.78, 5) is 11.9. The topological polar surface area (TPSA) is 55.1 Å². The lowest BCUT2D eigenvalue weighted by molar-refractivity contribution is -0.125. The van der Waals surface area contributed by atoms with Gasteiger partial charge in [-0.15, -0.1) is 0 Å². The number of hydrogen-bond acceptors (Lipinski definition) is 2. The molecule has 0 spiro atoms. The molecule has 106 valence electrons. The molecule has 0 saturated carbocycles. The van der Waals surface area contributed by atoms with Crippen molar-refractivity contribution in [3.8, 4) is 0 Å². The fourth-order valence-electron chi connectivity index (χ4n) is 2.17. The molecule has 0 aliphatic rings. The normalized spacial score (nSPS) is 14.2. The van der Waals surface area contributed by atoms with Crippen molar-refractivity contribution in [3.05, 3.63) is 35.9 Å². The lowest BCUT2D eigenvalue weighted by Crippen LogP contribution is -2.38. The van der Waals surface area contributed by atoms with Crippen LogP contribution in [0.5, 0.6) is 0 Å². The number of carbonyl (C=O) groups is 1. The number of rotatable bonds is 7. The van der Waals surface area contributed by atoms with Gasteiger partial charge in [0.05, 0.1) is 5.92 Å². The largest absolute Gasteiger partial charge is 0.356 e. The van der Waals surface area contributed by atoms with Gasteiger partial charge in [0.15, 0.2) is 0 Å². The van der Waals surface area contributed by atoms with Crippen LogP contribution in [0.2, 0.25) is 0 Å². The van der Waals surface area contributed by atoms with Crippen LogP contribution in [0.3, 0.4) is 0 Å². The molecule has 0 saturated heterocycles. The molecule has 0 radical (unpaired) electrons. The van der Waals surface area contributed by atoms with Gasteiger partial charge in [-0.2, -0.15) is 0 Å². The van der Waals surface area contributed by atoms with E-state index < -0.39 is 0 Å². The van der Waals surface area contributed by atoms with Crippen LogP contribution in [-0.2, 0) is 4.79 Å². The van der Waals surface area contributed by atoms with Gasteiger partial charge in [0.25, 0.3) is 0 Å². The van der Waals surface area contributed by atoms with Gasteiger partial charge in [0.1, 0.15) is 0 Å². The maximum absolute atomic E-state index is 11.9. The summed E-state index contributed by atoms with van der Waals surface area (Å²) < 4.78 is 0. The molecule has 3 heteroatoms. The van der Waals surface area contributed by atoms with Gasteiger partial charge in [-0.1, -0.05) is 51.1 Å². The first kappa shape index (κ1) is 15.7. The van der Waals surface area contributed by atoms with E-state index in [1.54, 1.807) is 0 Å². The number of carbonyl (C=O) groups excluding carboxylic acids is 1. The Morgan fingerprint density at radius 3 is 2.37 bits per heavy atom. The molecule has 0 bridgehead atoms. The Bertz CT molecular complexity index is 376. The smallest absolute Gasteiger partial charge is 0.224 e. The number of hydrogen-bond donors (Lipinski definition) is 2. The molecule has 0 aromatic heterocycles. The zero-order valence-corrected chi connectivity index (χ0v) is 12.2. The maximum atomic E-state index is 11.9. The standard InChI is InChI=1S/C16H26N2O/c1-12(2)15(11-17)16(19)18-10-9-13(3)14-7-5-4-6-8-14/h4-8,12-13,15H,9-11,17H2,1-3H3,(H,18,19). The number of nitrogens with one attached hydrogen (secondary N) is 1. The Morgan fingerprint density at radius 1 is 1.21 bits per heavy atom. The van der Waals surface area contributed by atoms with Crippen molar-refractivity contribution in [3.63, 3.8) is 0 Å². The van der Waals surface area contributed by atoms with Crippen LogP contribution < -0.4 is 11.1 Å². The van der Waals surface area contributed by atoms with Gasteiger partial charge >= 0.3 is 0 Å². The minimum atomic E-state index is -0.0768. The second-order valence-electron chi connectivity index (χ2n) is 5.48. The van der Waals surface area contributed by atoms with Crippen LogP contribution in [0.25, 0.3) is 0 Å². The Hall–Kier alpha value is -1.35. The molecule has 2 unspecified atom stereocenters. The molecule has 0 aliphatic heterocycles. The number of amides is 1. The highest BCUT2D eigenvalue weighted by molar-refractivity contribution is 5.79. The molecular weight excluding hydrogens is 236 g/mol. The molecular formula is C16H26N2O. The lowest BCUT2D eigenvalue weighted by Gasteiger charge is -2.19. The molecule has 3 nitrogen and oxygen atoms in total. The van der Waals surface area contributed by atoms with Crippen molar-refractivity contribution in [1.29, 1.82) is 0 Å². The zero-order chi connectivity index (χ0) is 14.3. The van der Waals surface area contributed by atoms with Crippen LogP contribution >= 0.6 is 0 Å². The number of nitrogens with two attached hydrogens (primary N) is 1. The molecule has 1 aromatic rings.